The fourth-order valence-electron chi connectivity index (χ4n) is 3.80. The van der Waals surface area contributed by atoms with Gasteiger partial charge in [0.2, 0.25) is 0 Å². The van der Waals surface area contributed by atoms with Crippen molar-refractivity contribution in [2.75, 3.05) is 11.9 Å². The quantitative estimate of drug-likeness (QED) is 0.425. The first-order chi connectivity index (χ1) is 15.7. The number of unbranched alkanes of at least 4 members (excludes halogenated alkanes) is 1. The number of fused-ring (bicyclic) bond motifs is 3. The summed E-state index contributed by atoms with van der Waals surface area (Å²) in [5, 5.41) is 15.8. The van der Waals surface area contributed by atoms with Gasteiger partial charge in [-0.2, -0.15) is 5.26 Å². The molecule has 2 heterocycles. The first-order valence-corrected chi connectivity index (χ1v) is 11.0. The molecule has 2 aromatic heterocycles. The molecule has 1 fully saturated rings. The molecule has 0 aliphatic heterocycles. The van der Waals surface area contributed by atoms with Crippen LogP contribution in [-0.2, 0) is 0 Å². The third kappa shape index (κ3) is 3.76. The van der Waals surface area contributed by atoms with Crippen molar-refractivity contribution in [3.63, 3.8) is 0 Å². The van der Waals surface area contributed by atoms with E-state index in [0.29, 0.717) is 23.0 Å². The Kier molecular flexibility index (Phi) is 5.20. The number of imidazole rings is 1. The number of hydrogen-bond donors (Lipinski definition) is 2. The number of benzene rings is 2. The molecule has 1 aliphatic rings. The highest BCUT2D eigenvalue weighted by Gasteiger charge is 2.24. The number of rotatable bonds is 7. The van der Waals surface area contributed by atoms with Crippen molar-refractivity contribution in [3.8, 4) is 17.3 Å². The van der Waals surface area contributed by atoms with Crippen molar-refractivity contribution in [1.82, 2.24) is 19.7 Å². The third-order valence-corrected chi connectivity index (χ3v) is 5.73. The predicted molar refractivity (Wildman–Crippen MR) is 125 cm³/mol. The second-order valence-electron chi connectivity index (χ2n) is 8.18. The van der Waals surface area contributed by atoms with E-state index in [9.17, 15) is 10.1 Å². The van der Waals surface area contributed by atoms with E-state index >= 15 is 0 Å². The van der Waals surface area contributed by atoms with Gasteiger partial charge in [0.05, 0.1) is 34.6 Å². The van der Waals surface area contributed by atoms with Crippen LogP contribution in [0.25, 0.3) is 27.9 Å². The molecule has 0 unspecified atom stereocenters. The number of nitriles is 1. The summed E-state index contributed by atoms with van der Waals surface area (Å²) in [5.74, 6) is 0.672. The van der Waals surface area contributed by atoms with Gasteiger partial charge in [-0.1, -0.05) is 25.5 Å². The fraction of sp³-hybridized carbons (Fsp3) is 0.280. The molecule has 0 saturated heterocycles. The minimum Gasteiger partial charge on any atom is -0.367 e. The van der Waals surface area contributed by atoms with Crippen LogP contribution in [0, 0.1) is 11.3 Å². The van der Waals surface area contributed by atoms with Gasteiger partial charge in [-0.3, -0.25) is 9.20 Å². The predicted octanol–water partition coefficient (Wildman–Crippen LogP) is 4.53. The van der Waals surface area contributed by atoms with Gasteiger partial charge in [-0.05, 0) is 49.6 Å². The number of aromatic nitrogens is 3. The highest BCUT2D eigenvalue weighted by atomic mass is 16.1. The van der Waals surface area contributed by atoms with Gasteiger partial charge in [-0.15, -0.1) is 0 Å². The fourth-order valence-corrected chi connectivity index (χ4v) is 3.80. The lowest BCUT2D eigenvalue weighted by molar-refractivity contribution is 0.0951. The first-order valence-electron chi connectivity index (χ1n) is 11.0. The van der Waals surface area contributed by atoms with Crippen LogP contribution in [0.3, 0.4) is 0 Å². The number of nitrogens with zero attached hydrogens (tertiary/aromatic N) is 4. The summed E-state index contributed by atoms with van der Waals surface area (Å²) in [5.41, 5.74) is 5.43. The zero-order valence-electron chi connectivity index (χ0n) is 17.9. The second-order valence-corrected chi connectivity index (χ2v) is 8.18. The summed E-state index contributed by atoms with van der Waals surface area (Å²) >= 11 is 0. The van der Waals surface area contributed by atoms with Crippen molar-refractivity contribution in [3.05, 3.63) is 59.8 Å². The molecule has 7 heteroatoms. The topological polar surface area (TPSA) is 95.1 Å². The van der Waals surface area contributed by atoms with Crippen LogP contribution in [0.2, 0.25) is 0 Å². The molecule has 5 rings (SSSR count). The molecule has 0 bridgehead atoms. The highest BCUT2D eigenvalue weighted by molar-refractivity contribution is 5.95. The standard InChI is InChI=1S/C25H24N6O/c1-2-3-12-27-23-24-28-15-22(31(24)21-11-4-16(14-26)13-20(21)30-23)17-5-7-18(8-6-17)25(32)29-19-9-10-19/h4-8,11,13,15,19H,2-3,9-10,12H2,1H3,(H,27,30)(H,29,32). The molecular formula is C25H24N6O. The van der Waals surface area contributed by atoms with Gasteiger partial charge in [0.1, 0.15) is 0 Å². The van der Waals surface area contributed by atoms with E-state index in [4.69, 9.17) is 4.98 Å². The van der Waals surface area contributed by atoms with Crippen molar-refractivity contribution < 1.29 is 4.79 Å². The molecule has 1 amide bonds. The number of anilines is 1. The van der Waals surface area contributed by atoms with Crippen molar-refractivity contribution in [1.29, 1.82) is 5.26 Å². The van der Waals surface area contributed by atoms with E-state index in [1.54, 1.807) is 12.1 Å². The Balaban J connectivity index is 1.60. The normalized spacial score (nSPS) is 13.2. The van der Waals surface area contributed by atoms with Crippen LogP contribution < -0.4 is 10.6 Å². The minimum absolute atomic E-state index is 0.0294. The van der Waals surface area contributed by atoms with E-state index < -0.39 is 0 Å². The Morgan fingerprint density at radius 1 is 1.22 bits per heavy atom. The Bertz CT molecular complexity index is 1350. The van der Waals surface area contributed by atoms with Gasteiger partial charge < -0.3 is 10.6 Å². The average Bonchev–Trinajstić information content (AvgIpc) is 3.52. The summed E-state index contributed by atoms with van der Waals surface area (Å²) in [4.78, 5) is 21.8. The smallest absolute Gasteiger partial charge is 0.251 e. The van der Waals surface area contributed by atoms with Gasteiger partial charge in [0.15, 0.2) is 11.5 Å². The van der Waals surface area contributed by atoms with E-state index in [1.165, 1.54) is 0 Å². The van der Waals surface area contributed by atoms with E-state index in [1.807, 2.05) is 36.5 Å². The molecule has 1 aliphatic carbocycles. The molecule has 0 atom stereocenters. The number of carbonyl (C=O) groups excluding carboxylic acids is 1. The monoisotopic (exact) mass is 424 g/mol. The van der Waals surface area contributed by atoms with Gasteiger partial charge in [-0.25, -0.2) is 9.97 Å². The third-order valence-electron chi connectivity index (χ3n) is 5.73. The molecule has 4 aromatic rings. The van der Waals surface area contributed by atoms with Crippen LogP contribution in [0.5, 0.6) is 0 Å². The molecule has 2 aromatic carbocycles. The van der Waals surface area contributed by atoms with Crippen molar-refractivity contribution in [2.45, 2.75) is 38.6 Å². The maximum Gasteiger partial charge on any atom is 0.251 e. The van der Waals surface area contributed by atoms with Gasteiger partial charge in [0.25, 0.3) is 5.91 Å². The molecule has 32 heavy (non-hydrogen) atoms. The Morgan fingerprint density at radius 3 is 2.75 bits per heavy atom. The molecule has 2 N–H and O–H groups in total. The largest absolute Gasteiger partial charge is 0.367 e. The lowest BCUT2D eigenvalue weighted by atomic mass is 10.1. The van der Waals surface area contributed by atoms with E-state index in [0.717, 1.165) is 60.2 Å². The number of amides is 1. The SMILES string of the molecule is CCCCNc1nc2cc(C#N)ccc2n2c(-c3ccc(C(=O)NC4CC4)cc3)cnc12. The van der Waals surface area contributed by atoms with Crippen LogP contribution in [0.15, 0.2) is 48.7 Å². The maximum atomic E-state index is 12.3. The molecule has 160 valence electrons. The average molecular weight is 425 g/mol. The minimum atomic E-state index is -0.0294. The van der Waals surface area contributed by atoms with Crippen LogP contribution in [-0.4, -0.2) is 32.9 Å². The van der Waals surface area contributed by atoms with Crippen molar-refractivity contribution in [2.24, 2.45) is 0 Å². The lowest BCUT2D eigenvalue weighted by Crippen LogP contribution is -2.25. The zero-order chi connectivity index (χ0) is 22.1. The number of carbonyl (C=O) groups is 1. The Morgan fingerprint density at radius 2 is 2.03 bits per heavy atom. The molecule has 1 saturated carbocycles. The summed E-state index contributed by atoms with van der Waals surface area (Å²) < 4.78 is 2.07. The molecule has 0 radical (unpaired) electrons. The number of hydrogen-bond acceptors (Lipinski definition) is 5. The molecular weight excluding hydrogens is 400 g/mol. The van der Waals surface area contributed by atoms with Gasteiger partial charge in [0, 0.05) is 23.7 Å². The lowest BCUT2D eigenvalue weighted by Gasteiger charge is -2.12. The summed E-state index contributed by atoms with van der Waals surface area (Å²) in [6.07, 6.45) is 6.07. The van der Waals surface area contributed by atoms with Gasteiger partial charge >= 0.3 is 0 Å². The second kappa shape index (κ2) is 8.31. The van der Waals surface area contributed by atoms with Crippen molar-refractivity contribution >= 4 is 28.4 Å². The Hall–Kier alpha value is -3.92. The summed E-state index contributed by atoms with van der Waals surface area (Å²) in [6, 6.07) is 15.6. The van der Waals surface area contributed by atoms with E-state index in [-0.39, 0.29) is 5.91 Å². The van der Waals surface area contributed by atoms with Crippen LogP contribution in [0.1, 0.15) is 48.5 Å². The molecule has 7 nitrogen and oxygen atoms in total. The first kappa shape index (κ1) is 20.0. The highest BCUT2D eigenvalue weighted by Crippen LogP contribution is 2.29. The summed E-state index contributed by atoms with van der Waals surface area (Å²) in [6.45, 7) is 2.95. The molecule has 0 spiro atoms. The zero-order valence-corrected chi connectivity index (χ0v) is 17.9. The Labute approximate surface area is 186 Å². The number of nitrogens with one attached hydrogen (secondary N) is 2. The van der Waals surface area contributed by atoms with Crippen LogP contribution >= 0.6 is 0 Å². The van der Waals surface area contributed by atoms with E-state index in [2.05, 4.69) is 33.0 Å². The van der Waals surface area contributed by atoms with Crippen LogP contribution in [0.4, 0.5) is 5.82 Å². The maximum absolute atomic E-state index is 12.3. The summed E-state index contributed by atoms with van der Waals surface area (Å²) in [7, 11) is 0.